The molecule has 0 aliphatic rings. The van der Waals surface area contributed by atoms with Gasteiger partial charge >= 0.3 is 0 Å². The molecule has 0 bridgehead atoms. The number of carbonyl (C=O) groups is 1. The molecule has 1 amide bonds. The Morgan fingerprint density at radius 3 is 2.89 bits per heavy atom. The summed E-state index contributed by atoms with van der Waals surface area (Å²) in [5.41, 5.74) is 0.564. The van der Waals surface area contributed by atoms with E-state index in [1.54, 1.807) is 12.1 Å². The number of rotatable bonds is 7. The standard InChI is InChI=1S/C13H19NO4/c1-3-4-7-18-9-13(16)14-10-5-6-11(15)12(8-10)17-2/h5-6,8,15H,3-4,7,9H2,1-2H3,(H,14,16). The van der Waals surface area contributed by atoms with Gasteiger partial charge in [-0.15, -0.1) is 0 Å². The predicted octanol–water partition coefficient (Wildman–Crippen LogP) is 2.16. The van der Waals surface area contributed by atoms with Gasteiger partial charge in [0, 0.05) is 18.4 Å². The van der Waals surface area contributed by atoms with E-state index in [1.165, 1.54) is 13.2 Å². The fourth-order valence-corrected chi connectivity index (χ4v) is 1.36. The van der Waals surface area contributed by atoms with E-state index in [0.29, 0.717) is 18.0 Å². The molecule has 0 unspecified atom stereocenters. The highest BCUT2D eigenvalue weighted by Gasteiger charge is 2.06. The highest BCUT2D eigenvalue weighted by atomic mass is 16.5. The van der Waals surface area contributed by atoms with Crippen molar-refractivity contribution in [3.05, 3.63) is 18.2 Å². The first kappa shape index (κ1) is 14.3. The van der Waals surface area contributed by atoms with Crippen LogP contribution in [0.3, 0.4) is 0 Å². The Labute approximate surface area is 107 Å². The molecule has 0 saturated heterocycles. The third-order valence-electron chi connectivity index (χ3n) is 2.34. The van der Waals surface area contributed by atoms with Gasteiger partial charge in [-0.3, -0.25) is 4.79 Å². The molecule has 0 spiro atoms. The Balaban J connectivity index is 2.44. The number of methoxy groups -OCH3 is 1. The zero-order chi connectivity index (χ0) is 13.4. The van der Waals surface area contributed by atoms with Gasteiger partial charge in [0.1, 0.15) is 6.61 Å². The van der Waals surface area contributed by atoms with Gasteiger partial charge in [-0.2, -0.15) is 0 Å². The highest BCUT2D eigenvalue weighted by Crippen LogP contribution is 2.28. The van der Waals surface area contributed by atoms with Gasteiger partial charge in [-0.25, -0.2) is 0 Å². The normalized spacial score (nSPS) is 10.1. The van der Waals surface area contributed by atoms with Gasteiger partial charge in [-0.1, -0.05) is 13.3 Å². The topological polar surface area (TPSA) is 67.8 Å². The van der Waals surface area contributed by atoms with Crippen molar-refractivity contribution in [3.8, 4) is 11.5 Å². The first-order valence-corrected chi connectivity index (χ1v) is 5.92. The summed E-state index contributed by atoms with van der Waals surface area (Å²) in [7, 11) is 1.45. The number of aromatic hydroxyl groups is 1. The smallest absolute Gasteiger partial charge is 0.250 e. The molecule has 1 rings (SSSR count). The zero-order valence-corrected chi connectivity index (χ0v) is 10.7. The van der Waals surface area contributed by atoms with E-state index in [2.05, 4.69) is 12.2 Å². The van der Waals surface area contributed by atoms with Crippen molar-refractivity contribution >= 4 is 11.6 Å². The molecule has 0 radical (unpaired) electrons. The van der Waals surface area contributed by atoms with Crippen LogP contribution >= 0.6 is 0 Å². The van der Waals surface area contributed by atoms with E-state index in [9.17, 15) is 9.90 Å². The van der Waals surface area contributed by atoms with Crippen LogP contribution in [0.4, 0.5) is 5.69 Å². The summed E-state index contributed by atoms with van der Waals surface area (Å²) in [6, 6.07) is 4.62. The Hall–Kier alpha value is -1.75. The number of carbonyl (C=O) groups excluding carboxylic acids is 1. The first-order chi connectivity index (χ1) is 8.67. The summed E-state index contributed by atoms with van der Waals surface area (Å²) in [6.07, 6.45) is 1.98. The molecule has 0 aromatic heterocycles. The Morgan fingerprint density at radius 2 is 2.22 bits per heavy atom. The van der Waals surface area contributed by atoms with Gasteiger partial charge in [0.2, 0.25) is 5.91 Å². The lowest BCUT2D eigenvalue weighted by atomic mass is 10.2. The first-order valence-electron chi connectivity index (χ1n) is 5.92. The minimum atomic E-state index is -0.223. The number of hydrogen-bond acceptors (Lipinski definition) is 4. The predicted molar refractivity (Wildman–Crippen MR) is 69.0 cm³/mol. The molecule has 0 heterocycles. The summed E-state index contributed by atoms with van der Waals surface area (Å²) in [4.78, 5) is 11.5. The summed E-state index contributed by atoms with van der Waals surface area (Å²) in [5, 5.41) is 12.1. The van der Waals surface area contributed by atoms with Crippen LogP contribution in [0.2, 0.25) is 0 Å². The van der Waals surface area contributed by atoms with E-state index in [4.69, 9.17) is 9.47 Å². The average Bonchev–Trinajstić information content (AvgIpc) is 2.37. The molecular weight excluding hydrogens is 234 g/mol. The fourth-order valence-electron chi connectivity index (χ4n) is 1.36. The van der Waals surface area contributed by atoms with Crippen LogP contribution in [0, 0.1) is 0 Å². The van der Waals surface area contributed by atoms with Crippen LogP contribution < -0.4 is 10.1 Å². The number of hydrogen-bond donors (Lipinski definition) is 2. The van der Waals surface area contributed by atoms with Gasteiger partial charge in [0.25, 0.3) is 0 Å². The molecule has 0 atom stereocenters. The molecule has 18 heavy (non-hydrogen) atoms. The third-order valence-corrected chi connectivity index (χ3v) is 2.34. The van der Waals surface area contributed by atoms with E-state index in [1.807, 2.05) is 0 Å². The zero-order valence-electron chi connectivity index (χ0n) is 10.7. The lowest BCUT2D eigenvalue weighted by Crippen LogP contribution is -2.18. The number of ether oxygens (including phenoxy) is 2. The number of phenols is 1. The van der Waals surface area contributed by atoms with Crippen LogP contribution in [-0.2, 0) is 9.53 Å². The molecule has 1 aromatic rings. The van der Waals surface area contributed by atoms with Crippen molar-refractivity contribution in [2.24, 2.45) is 0 Å². The summed E-state index contributed by atoms with van der Waals surface area (Å²) in [5.74, 6) is 0.133. The molecule has 1 aromatic carbocycles. The van der Waals surface area contributed by atoms with Crippen molar-refractivity contribution in [2.45, 2.75) is 19.8 Å². The lowest BCUT2D eigenvalue weighted by molar-refractivity contribution is -0.120. The van der Waals surface area contributed by atoms with Gasteiger partial charge in [0.15, 0.2) is 11.5 Å². The molecular formula is C13H19NO4. The Kier molecular flexibility index (Phi) is 6.00. The average molecular weight is 253 g/mol. The second-order valence-electron chi connectivity index (χ2n) is 3.84. The van der Waals surface area contributed by atoms with Crippen molar-refractivity contribution in [1.29, 1.82) is 0 Å². The molecule has 0 fully saturated rings. The molecule has 5 heteroatoms. The maximum atomic E-state index is 11.5. The molecule has 5 nitrogen and oxygen atoms in total. The summed E-state index contributed by atoms with van der Waals surface area (Å²) in [6.45, 7) is 2.68. The van der Waals surface area contributed by atoms with E-state index < -0.39 is 0 Å². The molecule has 2 N–H and O–H groups in total. The van der Waals surface area contributed by atoms with Crippen LogP contribution in [-0.4, -0.2) is 31.3 Å². The number of amides is 1. The minimum Gasteiger partial charge on any atom is -0.504 e. The van der Waals surface area contributed by atoms with E-state index in [0.717, 1.165) is 12.8 Å². The molecule has 0 saturated carbocycles. The highest BCUT2D eigenvalue weighted by molar-refractivity contribution is 5.92. The van der Waals surface area contributed by atoms with Crippen LogP contribution in [0.5, 0.6) is 11.5 Å². The van der Waals surface area contributed by atoms with E-state index >= 15 is 0 Å². The van der Waals surface area contributed by atoms with Gasteiger partial charge in [-0.05, 0) is 18.6 Å². The van der Waals surface area contributed by atoms with Crippen LogP contribution in [0.15, 0.2) is 18.2 Å². The maximum Gasteiger partial charge on any atom is 0.250 e. The van der Waals surface area contributed by atoms with Crippen molar-refractivity contribution < 1.29 is 19.4 Å². The molecule has 0 aliphatic carbocycles. The minimum absolute atomic E-state index is 0.0309. The monoisotopic (exact) mass is 253 g/mol. The third kappa shape index (κ3) is 4.63. The number of benzene rings is 1. The maximum absolute atomic E-state index is 11.5. The molecule has 100 valence electrons. The lowest BCUT2D eigenvalue weighted by Gasteiger charge is -2.08. The number of phenolic OH excluding ortho intramolecular Hbond substituents is 1. The van der Waals surface area contributed by atoms with Crippen molar-refractivity contribution in [1.82, 2.24) is 0 Å². The molecule has 0 aliphatic heterocycles. The second-order valence-corrected chi connectivity index (χ2v) is 3.84. The van der Waals surface area contributed by atoms with E-state index in [-0.39, 0.29) is 18.3 Å². The number of nitrogens with one attached hydrogen (secondary N) is 1. The quantitative estimate of drug-likeness (QED) is 0.577. The summed E-state index contributed by atoms with van der Waals surface area (Å²) >= 11 is 0. The largest absolute Gasteiger partial charge is 0.504 e. The van der Waals surface area contributed by atoms with Crippen LogP contribution in [0.1, 0.15) is 19.8 Å². The van der Waals surface area contributed by atoms with Gasteiger partial charge < -0.3 is 19.9 Å². The van der Waals surface area contributed by atoms with Crippen molar-refractivity contribution in [3.63, 3.8) is 0 Å². The number of anilines is 1. The Bertz CT molecular complexity index is 393. The SMILES string of the molecule is CCCCOCC(=O)Nc1ccc(O)c(OC)c1. The van der Waals surface area contributed by atoms with Crippen molar-refractivity contribution in [2.75, 3.05) is 25.6 Å². The van der Waals surface area contributed by atoms with Gasteiger partial charge in [0.05, 0.1) is 7.11 Å². The number of unbranched alkanes of at least 4 members (excludes halogenated alkanes) is 1. The summed E-state index contributed by atoms with van der Waals surface area (Å²) < 4.78 is 10.1. The fraction of sp³-hybridized carbons (Fsp3) is 0.462. The Morgan fingerprint density at radius 1 is 1.44 bits per heavy atom. The van der Waals surface area contributed by atoms with Crippen LogP contribution in [0.25, 0.3) is 0 Å². The second kappa shape index (κ2) is 7.55.